The highest BCUT2D eigenvalue weighted by Crippen LogP contribution is 2.44. The van der Waals surface area contributed by atoms with E-state index in [0.717, 1.165) is 0 Å². The molecule has 2 heterocycles. The van der Waals surface area contributed by atoms with E-state index in [-0.39, 0.29) is 34.7 Å². The summed E-state index contributed by atoms with van der Waals surface area (Å²) in [7, 11) is 0. The fourth-order valence-corrected chi connectivity index (χ4v) is 7.16. The van der Waals surface area contributed by atoms with Crippen molar-refractivity contribution < 1.29 is 49.7 Å². The highest BCUT2D eigenvalue weighted by atomic mass is 35.5. The Morgan fingerprint density at radius 3 is 1.40 bits per heavy atom. The normalized spacial score (nSPS) is 12.3. The van der Waals surface area contributed by atoms with Gasteiger partial charge >= 0.3 is 12.4 Å². The number of aromatic nitrogens is 2. The average Bonchev–Trinajstić information content (AvgIpc) is 3.88. The van der Waals surface area contributed by atoms with Crippen molar-refractivity contribution in [2.24, 2.45) is 5.73 Å². The smallest absolute Gasteiger partial charge is 0.437 e. The van der Waals surface area contributed by atoms with E-state index in [1.165, 1.54) is 12.1 Å². The summed E-state index contributed by atoms with van der Waals surface area (Å²) in [5, 5.41) is 17.2. The third-order valence-electron chi connectivity index (χ3n) is 9.54. The third-order valence-corrected chi connectivity index (χ3v) is 10.0. The van der Waals surface area contributed by atoms with Crippen LogP contribution in [0.2, 0.25) is 10.0 Å². The number of carbonyl (C=O) groups is 1. The first-order chi connectivity index (χ1) is 30.4. The van der Waals surface area contributed by atoms with Crippen LogP contribution < -0.4 is 15.2 Å². The monoisotopic (exact) mass is 990 g/mol. The molecule has 6 aromatic rings. The van der Waals surface area contributed by atoms with Crippen molar-refractivity contribution in [1.82, 2.24) is 10.3 Å². The number of halogens is 10. The van der Waals surface area contributed by atoms with Gasteiger partial charge in [-0.2, -0.15) is 31.6 Å². The number of ether oxygens (including phenoxy) is 2. The van der Waals surface area contributed by atoms with Gasteiger partial charge in [-0.25, -0.2) is 0 Å². The number of alkyl halides is 8. The van der Waals surface area contributed by atoms with E-state index >= 15 is 0 Å². The van der Waals surface area contributed by atoms with Crippen LogP contribution in [0.25, 0.3) is 21.9 Å². The van der Waals surface area contributed by atoms with E-state index in [4.69, 9.17) is 70.7 Å². The van der Waals surface area contributed by atoms with E-state index in [1.54, 1.807) is 48.5 Å². The maximum atomic E-state index is 13.4. The molecule has 6 rings (SSSR count). The van der Waals surface area contributed by atoms with Crippen LogP contribution in [-0.4, -0.2) is 21.6 Å². The van der Waals surface area contributed by atoms with Gasteiger partial charge in [0.2, 0.25) is 12.2 Å². The lowest BCUT2D eigenvalue weighted by Gasteiger charge is -2.22. The standard InChI is InChI=1S/C22H22ClF3N2O3.C22H20ClF3N2O2.CH2Cl2.CH4/c1-3-5-13-11-16-19(31-28-20(16)22(24,25)26)15(6-4-2)17(13)30-18(21(27)29)12-7-9-14(23)10-8-12;1-3-5-14-11-17-20(30-28-21(17)22(24,25)26)16(6-4-2)19(14)29-18(12-27)13-7-9-15(23)10-8-13;2-1-3;/h7-11,18H,3-6H2,1-2H3,(H2,27,29);7-11,18H,3-6H2,1-2H3;1H2;1H4. The van der Waals surface area contributed by atoms with E-state index < -0.39 is 41.9 Å². The molecule has 4 aromatic carbocycles. The predicted molar refractivity (Wildman–Crippen MR) is 242 cm³/mol. The fraction of sp³-hybridized carbons (Fsp3) is 0.391. The van der Waals surface area contributed by atoms with Crippen molar-refractivity contribution in [3.63, 3.8) is 0 Å². The number of aryl methyl sites for hydroxylation is 4. The second kappa shape index (κ2) is 24.6. The number of amides is 1. The molecule has 0 radical (unpaired) electrons. The van der Waals surface area contributed by atoms with Crippen LogP contribution >= 0.6 is 46.4 Å². The van der Waals surface area contributed by atoms with Crippen molar-refractivity contribution >= 4 is 74.2 Å². The molecule has 352 valence electrons. The molecular formula is C46H48Cl4F6N4O5. The Balaban J connectivity index is 0.000000321. The van der Waals surface area contributed by atoms with Crippen LogP contribution in [-0.2, 0) is 42.8 Å². The lowest BCUT2D eigenvalue weighted by atomic mass is 9.97. The molecule has 9 nitrogen and oxygen atoms in total. The quantitative estimate of drug-likeness (QED) is 0.0793. The number of hydrogen-bond donors (Lipinski definition) is 1. The number of nitrogens with zero attached hydrogens (tertiary/aromatic N) is 3. The van der Waals surface area contributed by atoms with E-state index in [9.17, 15) is 36.4 Å². The predicted octanol–water partition coefficient (Wildman–Crippen LogP) is 15.1. The zero-order chi connectivity index (χ0) is 47.4. The first kappa shape index (κ1) is 54.5. The number of rotatable bonds is 15. The van der Waals surface area contributed by atoms with Crippen LogP contribution in [0, 0.1) is 11.3 Å². The average molecular weight is 993 g/mol. The Morgan fingerprint density at radius 2 is 1.06 bits per heavy atom. The summed E-state index contributed by atoms with van der Waals surface area (Å²) < 4.78 is 103. The molecule has 19 heteroatoms. The van der Waals surface area contributed by atoms with Gasteiger partial charge < -0.3 is 24.3 Å². The van der Waals surface area contributed by atoms with Crippen molar-refractivity contribution in [2.45, 2.75) is 111 Å². The SMILES string of the molecule is C.CCCc1cc2c(C(F)(F)F)noc2c(CCC)c1OC(C#N)c1ccc(Cl)cc1.CCCc1cc2c(C(F)(F)F)noc2c(CCC)c1OC(C(N)=O)c1ccc(Cl)cc1.ClCCl. The number of carbonyl (C=O) groups excluding carboxylic acids is 1. The van der Waals surface area contributed by atoms with Crippen LogP contribution in [0.5, 0.6) is 11.5 Å². The number of nitrogens with two attached hydrogens (primary N) is 1. The molecule has 65 heavy (non-hydrogen) atoms. The molecule has 0 aliphatic rings. The first-order valence-corrected chi connectivity index (χ1v) is 21.9. The van der Waals surface area contributed by atoms with Crippen LogP contribution in [0.3, 0.4) is 0 Å². The first-order valence-electron chi connectivity index (χ1n) is 20.1. The number of primary amides is 1. The Morgan fingerprint density at radius 1 is 0.692 bits per heavy atom. The second-order valence-electron chi connectivity index (χ2n) is 14.2. The van der Waals surface area contributed by atoms with Gasteiger partial charge in [0.15, 0.2) is 22.6 Å². The Hall–Kier alpha value is -4.88. The largest absolute Gasteiger partial charge is 0.475 e. The fourth-order valence-electron chi connectivity index (χ4n) is 6.91. The number of benzene rings is 4. The molecule has 1 amide bonds. The van der Waals surface area contributed by atoms with Crippen molar-refractivity contribution in [2.75, 3.05) is 5.34 Å². The molecular weight excluding hydrogens is 944 g/mol. The minimum Gasteiger partial charge on any atom is -0.475 e. The zero-order valence-corrected chi connectivity index (χ0v) is 38.1. The van der Waals surface area contributed by atoms with E-state index in [0.29, 0.717) is 106 Å². The van der Waals surface area contributed by atoms with Crippen molar-refractivity contribution in [1.29, 1.82) is 5.26 Å². The highest BCUT2D eigenvalue weighted by Gasteiger charge is 2.40. The minimum absolute atomic E-state index is 0. The van der Waals surface area contributed by atoms with Crippen LogP contribution in [0.4, 0.5) is 26.3 Å². The molecule has 0 spiro atoms. The summed E-state index contributed by atoms with van der Waals surface area (Å²) in [6, 6.07) is 18.0. The Labute approximate surface area is 393 Å². The summed E-state index contributed by atoms with van der Waals surface area (Å²) in [5.41, 5.74) is 6.66. The molecule has 0 saturated carbocycles. The summed E-state index contributed by atoms with van der Waals surface area (Å²) in [6.45, 7) is 7.61. The number of nitriles is 1. The van der Waals surface area contributed by atoms with Gasteiger partial charge in [-0.3, -0.25) is 4.79 Å². The van der Waals surface area contributed by atoms with Gasteiger partial charge in [0.05, 0.1) is 16.1 Å². The summed E-state index contributed by atoms with van der Waals surface area (Å²) in [5.74, 6) is -0.0433. The molecule has 0 saturated heterocycles. The topological polar surface area (TPSA) is 137 Å². The molecule has 2 aromatic heterocycles. The molecule has 2 unspecified atom stereocenters. The maximum absolute atomic E-state index is 13.4. The van der Waals surface area contributed by atoms with Gasteiger partial charge in [-0.05, 0) is 73.2 Å². The Kier molecular flexibility index (Phi) is 20.6. The molecule has 2 N–H and O–H groups in total. The van der Waals surface area contributed by atoms with Gasteiger partial charge in [-0.1, -0.05) is 119 Å². The number of fused-ring (bicyclic) bond motifs is 2. The van der Waals surface area contributed by atoms with E-state index in [2.05, 4.69) is 16.4 Å². The van der Waals surface area contributed by atoms with Gasteiger partial charge in [0.25, 0.3) is 5.91 Å². The van der Waals surface area contributed by atoms with E-state index in [1.807, 2.05) is 27.7 Å². The molecule has 0 aliphatic heterocycles. The lowest BCUT2D eigenvalue weighted by Crippen LogP contribution is -2.26. The van der Waals surface area contributed by atoms with Gasteiger partial charge in [0.1, 0.15) is 17.6 Å². The summed E-state index contributed by atoms with van der Waals surface area (Å²) >= 11 is 21.4. The summed E-state index contributed by atoms with van der Waals surface area (Å²) in [4.78, 5) is 12.2. The van der Waals surface area contributed by atoms with Crippen LogP contribution in [0.1, 0.15) is 118 Å². The van der Waals surface area contributed by atoms with Gasteiger partial charge in [0, 0.05) is 32.3 Å². The third kappa shape index (κ3) is 13.6. The second-order valence-corrected chi connectivity index (χ2v) is 15.9. The minimum atomic E-state index is -4.65. The highest BCUT2D eigenvalue weighted by molar-refractivity contribution is 6.40. The Bertz CT molecular complexity index is 2520. The molecule has 2 atom stereocenters. The number of hydrogen-bond acceptors (Lipinski definition) is 8. The molecule has 0 fully saturated rings. The molecule has 0 aliphatic carbocycles. The van der Waals surface area contributed by atoms with Gasteiger partial charge in [-0.15, -0.1) is 23.2 Å². The van der Waals surface area contributed by atoms with Crippen LogP contribution in [0.15, 0.2) is 69.7 Å². The summed E-state index contributed by atoms with van der Waals surface area (Å²) in [6.07, 6.45) is -7.02. The lowest BCUT2D eigenvalue weighted by molar-refractivity contribution is -0.142. The molecule has 0 bridgehead atoms. The van der Waals surface area contributed by atoms with Crippen molar-refractivity contribution in [3.05, 3.63) is 115 Å². The van der Waals surface area contributed by atoms with Crippen molar-refractivity contribution in [3.8, 4) is 17.6 Å². The maximum Gasteiger partial charge on any atom is 0.437 e. The zero-order valence-electron chi connectivity index (χ0n) is 35.0.